The van der Waals surface area contributed by atoms with Crippen molar-refractivity contribution < 1.29 is 14.1 Å². The van der Waals surface area contributed by atoms with Crippen molar-refractivity contribution in [3.63, 3.8) is 0 Å². The van der Waals surface area contributed by atoms with Crippen LogP contribution in [0.15, 0.2) is 4.52 Å². The Morgan fingerprint density at radius 1 is 1.53 bits per heavy atom. The third kappa shape index (κ3) is 1.98. The second kappa shape index (κ2) is 4.19. The van der Waals surface area contributed by atoms with Gasteiger partial charge >= 0.3 is 0 Å². The molecule has 0 bridgehead atoms. The van der Waals surface area contributed by atoms with Gasteiger partial charge in [0.25, 0.3) is 5.89 Å². The van der Waals surface area contributed by atoms with Gasteiger partial charge in [-0.3, -0.25) is 9.69 Å². The molecular formula is C11H15N3O3. The molecule has 6 nitrogen and oxygen atoms in total. The molecule has 0 radical (unpaired) electrons. The van der Waals surface area contributed by atoms with Crippen LogP contribution >= 0.6 is 0 Å². The number of rotatable bonds is 2. The van der Waals surface area contributed by atoms with Crippen molar-refractivity contribution in [2.75, 3.05) is 19.7 Å². The number of fused-ring (bicyclic) bond motifs is 1. The van der Waals surface area contributed by atoms with E-state index < -0.39 is 0 Å². The molecule has 2 unspecified atom stereocenters. The standard InChI is InChI=1S/C11H15N3O3/c1-7(15)11-12-10(13-17-11)9-5-14-4-2-3-8(14)6-16-9/h8-9H,2-6H2,1H3. The lowest BCUT2D eigenvalue weighted by Gasteiger charge is -2.33. The minimum Gasteiger partial charge on any atom is -0.367 e. The molecule has 0 spiro atoms. The Balaban J connectivity index is 1.73. The van der Waals surface area contributed by atoms with Gasteiger partial charge < -0.3 is 9.26 Å². The lowest BCUT2D eigenvalue weighted by molar-refractivity contribution is -0.0548. The zero-order valence-corrected chi connectivity index (χ0v) is 9.76. The Hall–Kier alpha value is -1.27. The molecular weight excluding hydrogens is 222 g/mol. The molecule has 1 aromatic rings. The normalized spacial score (nSPS) is 29.2. The fourth-order valence-electron chi connectivity index (χ4n) is 2.48. The average molecular weight is 237 g/mol. The molecule has 0 N–H and O–H groups in total. The summed E-state index contributed by atoms with van der Waals surface area (Å²) in [5, 5.41) is 3.82. The zero-order valence-electron chi connectivity index (χ0n) is 9.76. The quantitative estimate of drug-likeness (QED) is 0.709. The van der Waals surface area contributed by atoms with E-state index in [1.165, 1.54) is 19.8 Å². The number of Topliss-reactive ketones (excluding diaryl/α,β-unsaturated/α-hetero) is 1. The van der Waals surface area contributed by atoms with Crippen LogP contribution in [0.5, 0.6) is 0 Å². The van der Waals surface area contributed by atoms with Gasteiger partial charge in [0.05, 0.1) is 6.61 Å². The highest BCUT2D eigenvalue weighted by molar-refractivity contribution is 5.89. The summed E-state index contributed by atoms with van der Waals surface area (Å²) in [4.78, 5) is 17.5. The van der Waals surface area contributed by atoms with E-state index >= 15 is 0 Å². The van der Waals surface area contributed by atoms with Crippen molar-refractivity contribution in [1.29, 1.82) is 0 Å². The lowest BCUT2D eigenvalue weighted by Crippen LogP contribution is -2.42. The minimum atomic E-state index is -0.210. The van der Waals surface area contributed by atoms with Gasteiger partial charge in [-0.25, -0.2) is 0 Å². The predicted octanol–water partition coefficient (Wildman–Crippen LogP) is 0.808. The summed E-state index contributed by atoms with van der Waals surface area (Å²) < 4.78 is 10.6. The second-order valence-corrected chi connectivity index (χ2v) is 4.63. The number of carbonyl (C=O) groups is 1. The van der Waals surface area contributed by atoms with Gasteiger partial charge in [0, 0.05) is 19.5 Å². The molecule has 0 amide bonds. The topological polar surface area (TPSA) is 68.5 Å². The first-order valence-corrected chi connectivity index (χ1v) is 5.94. The van der Waals surface area contributed by atoms with E-state index in [0.717, 1.165) is 13.1 Å². The number of aromatic nitrogens is 2. The molecule has 92 valence electrons. The van der Waals surface area contributed by atoms with Crippen molar-refractivity contribution in [3.8, 4) is 0 Å². The van der Waals surface area contributed by atoms with Crippen LogP contribution in [0.3, 0.4) is 0 Å². The Morgan fingerprint density at radius 3 is 3.18 bits per heavy atom. The van der Waals surface area contributed by atoms with Gasteiger partial charge in [0.15, 0.2) is 0 Å². The molecule has 0 aliphatic carbocycles. The van der Waals surface area contributed by atoms with Crippen molar-refractivity contribution in [1.82, 2.24) is 15.0 Å². The molecule has 2 fully saturated rings. The van der Waals surface area contributed by atoms with Crippen LogP contribution in [0.4, 0.5) is 0 Å². The monoisotopic (exact) mass is 237 g/mol. The maximum atomic E-state index is 11.1. The molecule has 6 heteroatoms. The van der Waals surface area contributed by atoms with Crippen molar-refractivity contribution in [2.24, 2.45) is 0 Å². The third-order valence-electron chi connectivity index (χ3n) is 3.42. The first-order valence-electron chi connectivity index (χ1n) is 5.94. The van der Waals surface area contributed by atoms with Gasteiger partial charge in [0.1, 0.15) is 6.10 Å². The van der Waals surface area contributed by atoms with Crippen LogP contribution in [-0.4, -0.2) is 46.6 Å². The van der Waals surface area contributed by atoms with E-state index in [1.54, 1.807) is 0 Å². The fraction of sp³-hybridized carbons (Fsp3) is 0.727. The van der Waals surface area contributed by atoms with Crippen LogP contribution < -0.4 is 0 Å². The zero-order chi connectivity index (χ0) is 11.8. The summed E-state index contributed by atoms with van der Waals surface area (Å²) in [6, 6.07) is 0.547. The highest BCUT2D eigenvalue weighted by Crippen LogP contribution is 2.28. The van der Waals surface area contributed by atoms with Crippen molar-refractivity contribution in [3.05, 3.63) is 11.7 Å². The van der Waals surface area contributed by atoms with Gasteiger partial charge in [0.2, 0.25) is 11.6 Å². The van der Waals surface area contributed by atoms with E-state index in [2.05, 4.69) is 15.0 Å². The number of nitrogens with zero attached hydrogens (tertiary/aromatic N) is 3. The van der Waals surface area contributed by atoms with Gasteiger partial charge in [-0.1, -0.05) is 5.16 Å². The molecule has 2 aliphatic heterocycles. The maximum absolute atomic E-state index is 11.1. The Kier molecular flexibility index (Phi) is 2.68. The first-order chi connectivity index (χ1) is 8.24. The molecule has 2 atom stereocenters. The summed E-state index contributed by atoms with van der Waals surface area (Å²) in [6.07, 6.45) is 2.27. The SMILES string of the molecule is CC(=O)c1nc(C2CN3CCCC3CO2)no1. The van der Waals surface area contributed by atoms with Crippen molar-refractivity contribution >= 4 is 5.78 Å². The number of morpholine rings is 1. The van der Waals surface area contributed by atoms with Gasteiger partial charge in [-0.15, -0.1) is 0 Å². The van der Waals surface area contributed by atoms with E-state index in [1.807, 2.05) is 0 Å². The Labute approximate surface area is 98.9 Å². The number of ether oxygens (including phenoxy) is 1. The molecule has 2 aliphatic rings. The van der Waals surface area contributed by atoms with Crippen molar-refractivity contribution in [2.45, 2.75) is 31.9 Å². The Morgan fingerprint density at radius 2 is 2.41 bits per heavy atom. The van der Waals surface area contributed by atoms with E-state index in [4.69, 9.17) is 9.26 Å². The Bertz CT molecular complexity index is 431. The summed E-state index contributed by atoms with van der Waals surface area (Å²) in [6.45, 7) is 4.04. The summed E-state index contributed by atoms with van der Waals surface area (Å²) in [5.41, 5.74) is 0. The minimum absolute atomic E-state index is 0.0622. The first kappa shape index (κ1) is 10.9. The lowest BCUT2D eigenvalue weighted by atomic mass is 10.2. The van der Waals surface area contributed by atoms with E-state index in [0.29, 0.717) is 18.5 Å². The van der Waals surface area contributed by atoms with E-state index in [9.17, 15) is 4.79 Å². The molecule has 3 heterocycles. The van der Waals surface area contributed by atoms with Crippen LogP contribution in [0.2, 0.25) is 0 Å². The largest absolute Gasteiger partial charge is 0.367 e. The molecule has 1 aromatic heterocycles. The summed E-state index contributed by atoms with van der Waals surface area (Å²) in [7, 11) is 0. The number of carbonyl (C=O) groups excluding carboxylic acids is 1. The average Bonchev–Trinajstić information content (AvgIpc) is 2.97. The van der Waals surface area contributed by atoms with Crippen LogP contribution in [0.25, 0.3) is 0 Å². The number of ketones is 1. The maximum Gasteiger partial charge on any atom is 0.293 e. The highest BCUT2D eigenvalue weighted by atomic mass is 16.5. The molecule has 2 saturated heterocycles. The van der Waals surface area contributed by atoms with Crippen LogP contribution in [-0.2, 0) is 4.74 Å². The van der Waals surface area contributed by atoms with E-state index in [-0.39, 0.29) is 17.8 Å². The fourth-order valence-corrected chi connectivity index (χ4v) is 2.48. The van der Waals surface area contributed by atoms with Crippen LogP contribution in [0.1, 0.15) is 42.4 Å². The smallest absolute Gasteiger partial charge is 0.293 e. The predicted molar refractivity (Wildman–Crippen MR) is 57.6 cm³/mol. The molecule has 0 aromatic carbocycles. The van der Waals surface area contributed by atoms with Gasteiger partial charge in [-0.2, -0.15) is 4.98 Å². The van der Waals surface area contributed by atoms with Crippen LogP contribution in [0, 0.1) is 0 Å². The second-order valence-electron chi connectivity index (χ2n) is 4.63. The third-order valence-corrected chi connectivity index (χ3v) is 3.42. The van der Waals surface area contributed by atoms with Gasteiger partial charge in [-0.05, 0) is 19.4 Å². The highest BCUT2D eigenvalue weighted by Gasteiger charge is 2.35. The molecule has 0 saturated carbocycles. The summed E-state index contributed by atoms with van der Waals surface area (Å²) in [5.74, 6) is 0.339. The summed E-state index contributed by atoms with van der Waals surface area (Å²) >= 11 is 0. The molecule has 3 rings (SSSR count). The number of hydrogen-bond donors (Lipinski definition) is 0. The molecule has 17 heavy (non-hydrogen) atoms. The number of hydrogen-bond acceptors (Lipinski definition) is 6.